The van der Waals surface area contributed by atoms with Crippen molar-refractivity contribution in [3.8, 4) is 5.75 Å². The zero-order valence-electron chi connectivity index (χ0n) is 10.4. The molecular formula is C12H15N3O4. The molecule has 0 bridgehead atoms. The highest BCUT2D eigenvalue weighted by Crippen LogP contribution is 2.24. The highest BCUT2D eigenvalue weighted by Gasteiger charge is 2.20. The van der Waals surface area contributed by atoms with Gasteiger partial charge in [-0.2, -0.15) is 0 Å². The Hall–Kier alpha value is -2.15. The van der Waals surface area contributed by atoms with Gasteiger partial charge in [-0.05, 0) is 12.1 Å². The van der Waals surface area contributed by atoms with Crippen molar-refractivity contribution in [3.05, 3.63) is 33.9 Å². The maximum absolute atomic E-state index is 10.9. The maximum atomic E-state index is 10.9. The number of hydrogen-bond donors (Lipinski definition) is 1. The second kappa shape index (κ2) is 5.66. The predicted molar refractivity (Wildman–Crippen MR) is 67.7 cm³/mol. The first-order valence-corrected chi connectivity index (χ1v) is 5.98. The number of amides is 1. The van der Waals surface area contributed by atoms with Crippen molar-refractivity contribution >= 4 is 12.1 Å². The van der Waals surface area contributed by atoms with E-state index >= 15 is 0 Å². The van der Waals surface area contributed by atoms with Crippen LogP contribution in [0.1, 0.15) is 5.56 Å². The largest absolute Gasteiger partial charge is 0.508 e. The second-order valence-corrected chi connectivity index (χ2v) is 4.49. The van der Waals surface area contributed by atoms with Crippen LogP contribution < -0.4 is 0 Å². The van der Waals surface area contributed by atoms with Gasteiger partial charge in [-0.3, -0.25) is 19.8 Å². The number of nitro groups is 1. The average molecular weight is 265 g/mol. The summed E-state index contributed by atoms with van der Waals surface area (Å²) >= 11 is 0. The summed E-state index contributed by atoms with van der Waals surface area (Å²) in [5, 5.41) is 20.4. The molecule has 1 heterocycles. The lowest BCUT2D eigenvalue weighted by Gasteiger charge is -2.32. The lowest BCUT2D eigenvalue weighted by Crippen LogP contribution is -2.45. The molecule has 2 rings (SSSR count). The van der Waals surface area contributed by atoms with Crippen LogP contribution in [0.5, 0.6) is 5.75 Å². The maximum Gasteiger partial charge on any atom is 0.274 e. The highest BCUT2D eigenvalue weighted by molar-refractivity contribution is 5.47. The van der Waals surface area contributed by atoms with E-state index in [0.717, 1.165) is 6.41 Å². The van der Waals surface area contributed by atoms with Gasteiger partial charge in [0.1, 0.15) is 5.75 Å². The summed E-state index contributed by atoms with van der Waals surface area (Å²) in [5.74, 6) is 0.0205. The Balaban J connectivity index is 2.08. The molecule has 102 valence electrons. The molecule has 1 fully saturated rings. The topological polar surface area (TPSA) is 86.9 Å². The van der Waals surface area contributed by atoms with Crippen LogP contribution in [0.2, 0.25) is 0 Å². The number of carbonyl (C=O) groups is 1. The monoisotopic (exact) mass is 265 g/mol. The Morgan fingerprint density at radius 3 is 2.58 bits per heavy atom. The molecule has 0 saturated carbocycles. The van der Waals surface area contributed by atoms with Gasteiger partial charge < -0.3 is 10.0 Å². The molecule has 1 aliphatic rings. The normalized spacial score (nSPS) is 16.3. The Kier molecular flexibility index (Phi) is 3.96. The van der Waals surface area contributed by atoms with Crippen LogP contribution in [-0.2, 0) is 11.3 Å². The number of phenols is 1. The molecule has 0 spiro atoms. The van der Waals surface area contributed by atoms with E-state index in [-0.39, 0.29) is 11.4 Å². The number of carbonyl (C=O) groups excluding carboxylic acids is 1. The second-order valence-electron chi connectivity index (χ2n) is 4.49. The third-order valence-electron chi connectivity index (χ3n) is 3.21. The van der Waals surface area contributed by atoms with E-state index < -0.39 is 4.92 Å². The summed E-state index contributed by atoms with van der Waals surface area (Å²) in [4.78, 5) is 24.8. The van der Waals surface area contributed by atoms with E-state index in [9.17, 15) is 20.0 Å². The van der Waals surface area contributed by atoms with Crippen LogP contribution in [-0.4, -0.2) is 52.4 Å². The van der Waals surface area contributed by atoms with Gasteiger partial charge >= 0.3 is 0 Å². The third-order valence-corrected chi connectivity index (χ3v) is 3.21. The van der Waals surface area contributed by atoms with Crippen molar-refractivity contribution in [2.45, 2.75) is 6.54 Å². The molecular weight excluding hydrogens is 250 g/mol. The van der Waals surface area contributed by atoms with Gasteiger partial charge in [-0.15, -0.1) is 0 Å². The number of aromatic hydroxyl groups is 1. The van der Waals surface area contributed by atoms with Crippen LogP contribution in [0.4, 0.5) is 5.69 Å². The number of nitrogens with zero attached hydrogens (tertiary/aromatic N) is 3. The lowest BCUT2D eigenvalue weighted by atomic mass is 10.1. The molecule has 7 nitrogen and oxygen atoms in total. The first-order chi connectivity index (χ1) is 9.10. The first-order valence-electron chi connectivity index (χ1n) is 5.98. The summed E-state index contributed by atoms with van der Waals surface area (Å²) in [6.45, 7) is 2.99. The van der Waals surface area contributed by atoms with E-state index in [2.05, 4.69) is 0 Å². The van der Waals surface area contributed by atoms with Crippen molar-refractivity contribution in [2.75, 3.05) is 26.2 Å². The van der Waals surface area contributed by atoms with Gasteiger partial charge in [0.15, 0.2) is 0 Å². The fraction of sp³-hybridized carbons (Fsp3) is 0.417. The number of nitro benzene ring substituents is 1. The van der Waals surface area contributed by atoms with E-state index in [1.54, 1.807) is 4.90 Å². The Morgan fingerprint density at radius 1 is 1.32 bits per heavy atom. The van der Waals surface area contributed by atoms with Gasteiger partial charge in [-0.25, -0.2) is 0 Å². The first kappa shape index (κ1) is 13.3. The molecule has 1 amide bonds. The summed E-state index contributed by atoms with van der Waals surface area (Å²) in [6, 6.07) is 4.04. The van der Waals surface area contributed by atoms with Crippen molar-refractivity contribution < 1.29 is 14.8 Å². The van der Waals surface area contributed by atoms with Crippen molar-refractivity contribution in [1.29, 1.82) is 0 Å². The quantitative estimate of drug-likeness (QED) is 0.488. The number of benzene rings is 1. The van der Waals surface area contributed by atoms with Crippen molar-refractivity contribution in [3.63, 3.8) is 0 Å². The minimum atomic E-state index is -0.448. The van der Waals surface area contributed by atoms with Gasteiger partial charge in [0, 0.05) is 44.4 Å². The fourth-order valence-corrected chi connectivity index (χ4v) is 2.14. The van der Waals surface area contributed by atoms with Crippen LogP contribution >= 0.6 is 0 Å². The molecule has 1 aliphatic heterocycles. The molecule has 0 aromatic heterocycles. The number of piperazine rings is 1. The van der Waals surface area contributed by atoms with Gasteiger partial charge in [-0.1, -0.05) is 0 Å². The molecule has 0 atom stereocenters. The fourth-order valence-electron chi connectivity index (χ4n) is 2.14. The number of phenolic OH excluding ortho intramolecular Hbond substituents is 1. The molecule has 0 aliphatic carbocycles. The van der Waals surface area contributed by atoms with Crippen LogP contribution in [0, 0.1) is 10.1 Å². The smallest absolute Gasteiger partial charge is 0.274 e. The van der Waals surface area contributed by atoms with Gasteiger partial charge in [0.25, 0.3) is 5.69 Å². The van der Waals surface area contributed by atoms with E-state index in [1.165, 1.54) is 18.2 Å². The summed E-state index contributed by atoms with van der Waals surface area (Å²) in [6.07, 6.45) is 0.814. The molecule has 7 heteroatoms. The third kappa shape index (κ3) is 3.19. The summed E-state index contributed by atoms with van der Waals surface area (Å²) < 4.78 is 0. The predicted octanol–water partition coefficient (Wildman–Crippen LogP) is 0.574. The zero-order chi connectivity index (χ0) is 13.8. The molecule has 1 saturated heterocycles. The van der Waals surface area contributed by atoms with Crippen molar-refractivity contribution in [2.24, 2.45) is 0 Å². The van der Waals surface area contributed by atoms with Gasteiger partial charge in [0.2, 0.25) is 6.41 Å². The van der Waals surface area contributed by atoms with Gasteiger partial charge in [0.05, 0.1) is 4.92 Å². The number of hydrogen-bond acceptors (Lipinski definition) is 5. The minimum absolute atomic E-state index is 0.00983. The van der Waals surface area contributed by atoms with E-state index in [0.29, 0.717) is 38.3 Å². The Labute approximate surface area is 110 Å². The summed E-state index contributed by atoms with van der Waals surface area (Å²) in [5.41, 5.74) is 0.500. The van der Waals surface area contributed by atoms with Crippen molar-refractivity contribution in [1.82, 2.24) is 9.80 Å². The average Bonchev–Trinajstić information content (AvgIpc) is 2.39. The molecule has 19 heavy (non-hydrogen) atoms. The molecule has 0 unspecified atom stereocenters. The van der Waals surface area contributed by atoms with Crippen LogP contribution in [0.25, 0.3) is 0 Å². The van der Waals surface area contributed by atoms with E-state index in [4.69, 9.17) is 0 Å². The SMILES string of the molecule is O=CN1CCN(Cc2cc(O)ccc2[N+](=O)[O-])CC1. The summed E-state index contributed by atoms with van der Waals surface area (Å²) in [7, 11) is 0. The highest BCUT2D eigenvalue weighted by atomic mass is 16.6. The van der Waals surface area contributed by atoms with Crippen LogP contribution in [0.3, 0.4) is 0 Å². The standard InChI is InChI=1S/C12H15N3O4/c16-9-14-5-3-13(4-6-14)8-10-7-11(17)1-2-12(10)15(18)19/h1-2,7,9,17H,3-6,8H2. The van der Waals surface area contributed by atoms with Crippen LogP contribution in [0.15, 0.2) is 18.2 Å². The molecule has 0 radical (unpaired) electrons. The molecule has 1 aromatic carbocycles. The Morgan fingerprint density at radius 2 is 2.00 bits per heavy atom. The Bertz CT molecular complexity index is 484. The zero-order valence-corrected chi connectivity index (χ0v) is 10.4. The molecule has 1 aromatic rings. The minimum Gasteiger partial charge on any atom is -0.508 e. The number of rotatable bonds is 4. The van der Waals surface area contributed by atoms with E-state index in [1.807, 2.05) is 4.90 Å². The lowest BCUT2D eigenvalue weighted by molar-refractivity contribution is -0.385. The molecule has 1 N–H and O–H groups in total.